The Balaban J connectivity index is 4.19. The van der Waals surface area contributed by atoms with Crippen molar-refractivity contribution >= 4 is 11.8 Å². The van der Waals surface area contributed by atoms with Crippen molar-refractivity contribution in [3.8, 4) is 0 Å². The maximum atomic E-state index is 13.0. The number of ether oxygens (including phenoxy) is 1. The number of ketones is 1. The molecule has 0 aromatic carbocycles. The Morgan fingerprint density at radius 1 is 0.591 bits per heavy atom. The molecule has 2 N–H and O–H groups in total. The average molecular weight is 617 g/mol. The van der Waals surface area contributed by atoms with Gasteiger partial charge in [0.05, 0.1) is 6.61 Å². The molecule has 0 aliphatic rings. The minimum atomic E-state index is -1.11. The largest absolute Gasteiger partial charge is 0.462 e. The van der Waals surface area contributed by atoms with Crippen LogP contribution in [0.4, 0.5) is 0 Å². The van der Waals surface area contributed by atoms with Gasteiger partial charge in [-0.05, 0) is 77.0 Å². The van der Waals surface area contributed by atoms with Gasteiger partial charge in [0.1, 0.15) is 24.4 Å². The summed E-state index contributed by atoms with van der Waals surface area (Å²) in [5, 5.41) is 18.6. The smallest absolute Gasteiger partial charge is 0.316 e. The highest BCUT2D eigenvalue weighted by Crippen LogP contribution is 2.19. The monoisotopic (exact) mass is 617 g/mol. The van der Waals surface area contributed by atoms with Gasteiger partial charge in [-0.3, -0.25) is 9.59 Å². The second-order valence-corrected chi connectivity index (χ2v) is 12.1. The molecule has 0 spiro atoms. The van der Waals surface area contributed by atoms with Crippen LogP contribution in [0.5, 0.6) is 0 Å². The molecule has 0 radical (unpaired) electrons. The van der Waals surface area contributed by atoms with Crippen molar-refractivity contribution in [1.29, 1.82) is 0 Å². The van der Waals surface area contributed by atoms with E-state index < -0.39 is 24.6 Å². The Morgan fingerprint density at radius 3 is 1.50 bits per heavy atom. The molecule has 0 rings (SSSR count). The molecule has 5 heteroatoms. The highest BCUT2D eigenvalue weighted by atomic mass is 16.5. The van der Waals surface area contributed by atoms with Gasteiger partial charge in [0, 0.05) is 6.42 Å². The van der Waals surface area contributed by atoms with Crippen molar-refractivity contribution in [2.24, 2.45) is 5.92 Å². The van der Waals surface area contributed by atoms with Gasteiger partial charge >= 0.3 is 5.97 Å². The van der Waals surface area contributed by atoms with Crippen LogP contribution in [-0.4, -0.2) is 41.3 Å². The van der Waals surface area contributed by atoms with Crippen molar-refractivity contribution in [1.82, 2.24) is 0 Å². The molecule has 0 fully saturated rings. The molecule has 0 bridgehead atoms. The van der Waals surface area contributed by atoms with Crippen LogP contribution in [0, 0.1) is 5.92 Å². The number of rotatable bonds is 32. The van der Waals surface area contributed by atoms with Gasteiger partial charge in [0.25, 0.3) is 0 Å². The van der Waals surface area contributed by atoms with Crippen molar-refractivity contribution in [2.45, 2.75) is 168 Å². The van der Waals surface area contributed by atoms with Crippen LogP contribution >= 0.6 is 0 Å². The summed E-state index contributed by atoms with van der Waals surface area (Å²) in [6, 6.07) is 0. The van der Waals surface area contributed by atoms with Crippen molar-refractivity contribution < 1.29 is 24.5 Å². The molecule has 0 aromatic rings. The van der Waals surface area contributed by atoms with E-state index in [1.165, 1.54) is 57.8 Å². The van der Waals surface area contributed by atoms with Crippen LogP contribution in [0.1, 0.15) is 162 Å². The number of carbonyl (C=O) groups excluding carboxylic acids is 2. The number of unbranched alkanes of at least 4 members (excludes halogenated alkanes) is 15. The van der Waals surface area contributed by atoms with Crippen LogP contribution in [0.2, 0.25) is 0 Å². The van der Waals surface area contributed by atoms with Gasteiger partial charge in [-0.15, -0.1) is 0 Å². The molecule has 254 valence electrons. The fraction of sp³-hybridized carbons (Fsp3) is 0.744. The maximum absolute atomic E-state index is 13.0. The van der Waals surface area contributed by atoms with E-state index in [0.29, 0.717) is 12.8 Å². The average Bonchev–Trinajstić information content (AvgIpc) is 3.03. The summed E-state index contributed by atoms with van der Waals surface area (Å²) >= 11 is 0. The number of hydrogen-bond donors (Lipinski definition) is 2. The zero-order chi connectivity index (χ0) is 32.4. The van der Waals surface area contributed by atoms with E-state index in [9.17, 15) is 14.7 Å². The Kier molecular flexibility index (Phi) is 32.4. The minimum Gasteiger partial charge on any atom is -0.462 e. The predicted molar refractivity (Wildman–Crippen MR) is 187 cm³/mol. The summed E-state index contributed by atoms with van der Waals surface area (Å²) in [5.74, 6) is -1.38. The van der Waals surface area contributed by atoms with Gasteiger partial charge in [0.2, 0.25) is 0 Å². The first-order valence-corrected chi connectivity index (χ1v) is 18.1. The summed E-state index contributed by atoms with van der Waals surface area (Å²) in [7, 11) is 0. The quantitative estimate of drug-likeness (QED) is 0.0340. The van der Waals surface area contributed by atoms with Crippen LogP contribution in [0.3, 0.4) is 0 Å². The fourth-order valence-corrected chi connectivity index (χ4v) is 5.01. The molecule has 0 heterocycles. The van der Waals surface area contributed by atoms with Gasteiger partial charge in [-0.25, -0.2) is 0 Å². The molecule has 0 saturated heterocycles. The SMILES string of the molecule is CCCCC/C=C\C/C=C\CCCCCCCC(=O)C(CCCCCC/C=C\C/C=C\CCCCC)C(=O)OCC(O)CO. The zero-order valence-corrected chi connectivity index (χ0v) is 28.6. The number of aliphatic hydroxyl groups excluding tert-OH is 2. The van der Waals surface area contributed by atoms with E-state index >= 15 is 0 Å². The number of allylic oxidation sites excluding steroid dienone is 8. The highest BCUT2D eigenvalue weighted by Gasteiger charge is 2.27. The minimum absolute atomic E-state index is 0.0511. The number of carbonyl (C=O) groups is 2. The van der Waals surface area contributed by atoms with E-state index in [1.54, 1.807) is 0 Å². The van der Waals surface area contributed by atoms with Gasteiger partial charge in [-0.1, -0.05) is 127 Å². The summed E-state index contributed by atoms with van der Waals surface area (Å²) in [4.78, 5) is 25.6. The second kappa shape index (κ2) is 33.9. The first-order chi connectivity index (χ1) is 21.6. The number of aliphatic hydroxyl groups is 2. The van der Waals surface area contributed by atoms with E-state index in [-0.39, 0.29) is 12.4 Å². The van der Waals surface area contributed by atoms with Crippen molar-refractivity contribution in [3.05, 3.63) is 48.6 Å². The normalized spacial score (nSPS) is 13.5. The Bertz CT molecular complexity index is 766. The van der Waals surface area contributed by atoms with E-state index in [2.05, 4.69) is 62.5 Å². The molecule has 5 nitrogen and oxygen atoms in total. The maximum Gasteiger partial charge on any atom is 0.316 e. The Labute approximate surface area is 271 Å². The van der Waals surface area contributed by atoms with Gasteiger partial charge in [-0.2, -0.15) is 0 Å². The molecule has 0 aliphatic heterocycles. The summed E-state index contributed by atoms with van der Waals surface area (Å²) < 4.78 is 5.18. The molecular formula is C39H68O5. The molecule has 2 unspecified atom stereocenters. The van der Waals surface area contributed by atoms with Gasteiger partial charge in [0.15, 0.2) is 0 Å². The molecule has 0 aliphatic carbocycles. The van der Waals surface area contributed by atoms with Gasteiger partial charge < -0.3 is 14.9 Å². The number of hydrogen-bond acceptors (Lipinski definition) is 5. The Morgan fingerprint density at radius 2 is 1.02 bits per heavy atom. The molecule has 44 heavy (non-hydrogen) atoms. The topological polar surface area (TPSA) is 83.8 Å². The van der Waals surface area contributed by atoms with Crippen molar-refractivity contribution in [3.63, 3.8) is 0 Å². The summed E-state index contributed by atoms with van der Waals surface area (Å²) in [6.45, 7) is 3.71. The number of esters is 1. The van der Waals surface area contributed by atoms with E-state index in [4.69, 9.17) is 9.84 Å². The molecule has 0 aromatic heterocycles. The van der Waals surface area contributed by atoms with Crippen LogP contribution in [0.15, 0.2) is 48.6 Å². The third-order valence-corrected chi connectivity index (χ3v) is 7.87. The predicted octanol–water partition coefficient (Wildman–Crippen LogP) is 10.3. The summed E-state index contributed by atoms with van der Waals surface area (Å²) in [5.41, 5.74) is 0. The number of Topliss-reactive ketones (excluding diaryl/α,β-unsaturated/α-hetero) is 1. The second-order valence-electron chi connectivity index (χ2n) is 12.1. The zero-order valence-electron chi connectivity index (χ0n) is 28.6. The molecular weight excluding hydrogens is 548 g/mol. The lowest BCUT2D eigenvalue weighted by atomic mass is 9.93. The van der Waals surface area contributed by atoms with Crippen LogP contribution in [-0.2, 0) is 14.3 Å². The fourth-order valence-electron chi connectivity index (χ4n) is 5.01. The third-order valence-electron chi connectivity index (χ3n) is 7.87. The lowest BCUT2D eigenvalue weighted by Crippen LogP contribution is -2.30. The first-order valence-electron chi connectivity index (χ1n) is 18.1. The lowest BCUT2D eigenvalue weighted by Gasteiger charge is -2.16. The van der Waals surface area contributed by atoms with Crippen LogP contribution in [0.25, 0.3) is 0 Å². The van der Waals surface area contributed by atoms with Crippen LogP contribution < -0.4 is 0 Å². The Hall–Kier alpha value is -1.98. The third kappa shape index (κ3) is 28.8. The highest BCUT2D eigenvalue weighted by molar-refractivity contribution is 5.98. The summed E-state index contributed by atoms with van der Waals surface area (Å²) in [6.07, 6.45) is 41.3. The van der Waals surface area contributed by atoms with Crippen molar-refractivity contribution in [2.75, 3.05) is 13.2 Å². The molecule has 0 saturated carbocycles. The standard InChI is InChI=1S/C39H68O5/c1-3-5-7-9-11-13-15-17-19-21-23-25-27-29-31-33-38(42)37(39(43)44-35-36(41)34-40)32-30-28-26-24-22-20-18-16-14-12-10-8-6-4-2/h11-14,17-20,36-37,40-41H,3-10,15-16,21-35H2,1-2H3/b13-11-,14-12-,19-17-,20-18-. The van der Waals surface area contributed by atoms with E-state index in [1.807, 2.05) is 0 Å². The first kappa shape index (κ1) is 42.0. The lowest BCUT2D eigenvalue weighted by molar-refractivity contribution is -0.155. The molecule has 0 amide bonds. The molecule has 2 atom stereocenters. The van der Waals surface area contributed by atoms with E-state index in [0.717, 1.165) is 77.0 Å².